The lowest BCUT2D eigenvalue weighted by Gasteiger charge is -2.10. The molecule has 0 N–H and O–H groups in total. The molecule has 102 valence electrons. The van der Waals surface area contributed by atoms with Gasteiger partial charge in [-0.25, -0.2) is 0 Å². The van der Waals surface area contributed by atoms with Gasteiger partial charge in [-0.2, -0.15) is 13.5 Å². The van der Waals surface area contributed by atoms with Gasteiger partial charge in [-0.3, -0.25) is 4.79 Å². The number of hydrogen-bond acceptors (Lipinski definition) is 3. The van der Waals surface area contributed by atoms with E-state index in [0.717, 1.165) is 22.1 Å². The zero-order chi connectivity index (χ0) is 13.1. The van der Waals surface area contributed by atoms with Crippen LogP contribution in [0.3, 0.4) is 0 Å². The van der Waals surface area contributed by atoms with Crippen molar-refractivity contribution in [3.8, 4) is 5.75 Å². The number of methoxy groups -OCH3 is 2. The van der Waals surface area contributed by atoms with Gasteiger partial charge in [0.05, 0.1) is 20.1 Å². The SMILES string of the molecule is COC(=O)[C@@H](C)c1ccc2cc(OC)ccc2c1.S. The fourth-order valence-corrected chi connectivity index (χ4v) is 1.95. The van der Waals surface area contributed by atoms with Gasteiger partial charge in [0.25, 0.3) is 0 Å². The molecule has 0 spiro atoms. The molecule has 2 aromatic rings. The number of esters is 1. The van der Waals surface area contributed by atoms with Crippen LogP contribution in [0.1, 0.15) is 18.4 Å². The minimum atomic E-state index is -0.249. The van der Waals surface area contributed by atoms with Gasteiger partial charge in [-0.15, -0.1) is 0 Å². The first-order valence-electron chi connectivity index (χ1n) is 5.81. The number of fused-ring (bicyclic) bond motifs is 1. The summed E-state index contributed by atoms with van der Waals surface area (Å²) in [6, 6.07) is 11.8. The van der Waals surface area contributed by atoms with Crippen LogP contribution in [0.4, 0.5) is 0 Å². The van der Waals surface area contributed by atoms with Crippen molar-refractivity contribution in [2.75, 3.05) is 14.2 Å². The molecule has 0 aliphatic carbocycles. The summed E-state index contributed by atoms with van der Waals surface area (Å²) in [6.07, 6.45) is 0. The van der Waals surface area contributed by atoms with Gasteiger partial charge >= 0.3 is 5.97 Å². The number of benzene rings is 2. The third-order valence-corrected chi connectivity index (χ3v) is 3.13. The second-order valence-corrected chi connectivity index (χ2v) is 4.22. The maximum Gasteiger partial charge on any atom is 0.312 e. The van der Waals surface area contributed by atoms with Gasteiger partial charge in [0, 0.05) is 0 Å². The Morgan fingerprint density at radius 3 is 2.32 bits per heavy atom. The molecule has 3 nitrogen and oxygen atoms in total. The van der Waals surface area contributed by atoms with E-state index in [1.54, 1.807) is 7.11 Å². The van der Waals surface area contributed by atoms with Gasteiger partial charge in [-0.1, -0.05) is 24.3 Å². The highest BCUT2D eigenvalue weighted by atomic mass is 32.1. The molecule has 0 aromatic heterocycles. The molecule has 0 aliphatic heterocycles. The minimum Gasteiger partial charge on any atom is -0.497 e. The average Bonchev–Trinajstić information content (AvgIpc) is 2.44. The Morgan fingerprint density at radius 2 is 1.68 bits per heavy atom. The first-order valence-corrected chi connectivity index (χ1v) is 5.81. The molecule has 0 heterocycles. The standard InChI is InChI=1S/C15H16O3.H2S/c1-10(15(16)18-3)11-4-5-13-9-14(17-2)7-6-12(13)8-11;/h4-10H,1-3H3;1H2/t10-;/m0./s1. The molecule has 1 atom stereocenters. The van der Waals surface area contributed by atoms with Crippen molar-refractivity contribution in [3.63, 3.8) is 0 Å². The van der Waals surface area contributed by atoms with Crippen LogP contribution in [0.25, 0.3) is 10.8 Å². The Bertz CT molecular complexity index is 581. The van der Waals surface area contributed by atoms with Crippen molar-refractivity contribution in [1.29, 1.82) is 0 Å². The molecule has 0 fully saturated rings. The second-order valence-electron chi connectivity index (χ2n) is 4.22. The molecule has 2 rings (SSSR count). The van der Waals surface area contributed by atoms with Gasteiger partial charge in [0.1, 0.15) is 5.75 Å². The van der Waals surface area contributed by atoms with E-state index < -0.39 is 0 Å². The Balaban J connectivity index is 0.00000180. The molecule has 0 unspecified atom stereocenters. The third-order valence-electron chi connectivity index (χ3n) is 3.13. The van der Waals surface area contributed by atoms with Gasteiger partial charge in [-0.05, 0) is 35.4 Å². The van der Waals surface area contributed by atoms with Crippen molar-refractivity contribution in [2.45, 2.75) is 12.8 Å². The van der Waals surface area contributed by atoms with E-state index >= 15 is 0 Å². The first kappa shape index (κ1) is 15.4. The zero-order valence-corrected chi connectivity index (χ0v) is 12.3. The number of carbonyl (C=O) groups is 1. The van der Waals surface area contributed by atoms with E-state index in [1.165, 1.54) is 7.11 Å². The van der Waals surface area contributed by atoms with E-state index in [0.29, 0.717) is 0 Å². The van der Waals surface area contributed by atoms with E-state index in [4.69, 9.17) is 9.47 Å². The molecule has 19 heavy (non-hydrogen) atoms. The van der Waals surface area contributed by atoms with Crippen molar-refractivity contribution >= 4 is 30.2 Å². The van der Waals surface area contributed by atoms with E-state index in [9.17, 15) is 4.79 Å². The topological polar surface area (TPSA) is 35.5 Å². The zero-order valence-electron chi connectivity index (χ0n) is 11.3. The fourth-order valence-electron chi connectivity index (χ4n) is 1.95. The van der Waals surface area contributed by atoms with Gasteiger partial charge in [0.15, 0.2) is 0 Å². The van der Waals surface area contributed by atoms with Gasteiger partial charge < -0.3 is 9.47 Å². The fraction of sp³-hybridized carbons (Fsp3) is 0.267. The van der Waals surface area contributed by atoms with Crippen LogP contribution in [0.15, 0.2) is 36.4 Å². The average molecular weight is 278 g/mol. The smallest absolute Gasteiger partial charge is 0.312 e. The summed E-state index contributed by atoms with van der Waals surface area (Å²) in [4.78, 5) is 11.5. The Kier molecular flexibility index (Phi) is 5.24. The highest BCUT2D eigenvalue weighted by Crippen LogP contribution is 2.25. The highest BCUT2D eigenvalue weighted by molar-refractivity contribution is 7.59. The molecule has 0 saturated carbocycles. The molecule has 0 bridgehead atoms. The van der Waals surface area contributed by atoms with Crippen LogP contribution < -0.4 is 4.74 Å². The molecule has 4 heteroatoms. The molecular formula is C15H18O3S. The molecule has 0 aliphatic rings. The number of carbonyl (C=O) groups excluding carboxylic acids is 1. The van der Waals surface area contributed by atoms with E-state index in [1.807, 2.05) is 43.3 Å². The largest absolute Gasteiger partial charge is 0.497 e. The summed E-state index contributed by atoms with van der Waals surface area (Å²) in [5.74, 6) is 0.362. The lowest BCUT2D eigenvalue weighted by Crippen LogP contribution is -2.10. The Morgan fingerprint density at radius 1 is 1.05 bits per heavy atom. The Labute approximate surface area is 120 Å². The lowest BCUT2D eigenvalue weighted by atomic mass is 9.98. The second kappa shape index (κ2) is 6.48. The maximum atomic E-state index is 11.5. The molecule has 0 amide bonds. The predicted molar refractivity (Wildman–Crippen MR) is 81.3 cm³/mol. The van der Waals surface area contributed by atoms with Crippen molar-refractivity contribution in [1.82, 2.24) is 0 Å². The van der Waals surface area contributed by atoms with Crippen LogP contribution in [-0.2, 0) is 9.53 Å². The number of hydrogen-bond donors (Lipinski definition) is 0. The van der Waals surface area contributed by atoms with Crippen LogP contribution in [-0.4, -0.2) is 20.2 Å². The highest BCUT2D eigenvalue weighted by Gasteiger charge is 2.15. The summed E-state index contributed by atoms with van der Waals surface area (Å²) < 4.78 is 9.94. The molecule has 0 radical (unpaired) electrons. The summed E-state index contributed by atoms with van der Waals surface area (Å²) in [6.45, 7) is 1.84. The summed E-state index contributed by atoms with van der Waals surface area (Å²) in [5, 5.41) is 2.18. The normalized spacial score (nSPS) is 11.5. The quantitative estimate of drug-likeness (QED) is 0.809. The maximum absolute atomic E-state index is 11.5. The van der Waals surface area contributed by atoms with Crippen molar-refractivity contribution in [2.24, 2.45) is 0 Å². The van der Waals surface area contributed by atoms with Gasteiger partial charge in [0.2, 0.25) is 0 Å². The minimum absolute atomic E-state index is 0. The van der Waals surface area contributed by atoms with E-state index in [-0.39, 0.29) is 25.4 Å². The predicted octanol–water partition coefficient (Wildman–Crippen LogP) is 3.24. The lowest BCUT2D eigenvalue weighted by molar-refractivity contribution is -0.141. The van der Waals surface area contributed by atoms with E-state index in [2.05, 4.69) is 0 Å². The first-order chi connectivity index (χ1) is 8.65. The Hall–Kier alpha value is -1.68. The summed E-state index contributed by atoms with van der Waals surface area (Å²) in [7, 11) is 3.06. The summed E-state index contributed by atoms with van der Waals surface area (Å²) >= 11 is 0. The van der Waals surface area contributed by atoms with Crippen molar-refractivity contribution < 1.29 is 14.3 Å². The monoisotopic (exact) mass is 278 g/mol. The molecule has 2 aromatic carbocycles. The van der Waals surface area contributed by atoms with Crippen molar-refractivity contribution in [3.05, 3.63) is 42.0 Å². The molecule has 0 saturated heterocycles. The summed E-state index contributed by atoms with van der Waals surface area (Å²) in [5.41, 5.74) is 0.958. The van der Waals surface area contributed by atoms with Crippen LogP contribution in [0.2, 0.25) is 0 Å². The molecular weight excluding hydrogens is 260 g/mol. The number of rotatable bonds is 3. The van der Waals surface area contributed by atoms with Crippen LogP contribution in [0.5, 0.6) is 5.75 Å². The third kappa shape index (κ3) is 3.20. The number of ether oxygens (including phenoxy) is 2. The van der Waals surface area contributed by atoms with Crippen LogP contribution >= 0.6 is 13.5 Å². The van der Waals surface area contributed by atoms with Crippen LogP contribution in [0, 0.1) is 0 Å².